The quantitative estimate of drug-likeness (QED) is 0.612. The van der Waals surface area contributed by atoms with Crippen LogP contribution in [0.1, 0.15) is 5.69 Å². The Balaban J connectivity index is 2.30. The normalized spacial score (nSPS) is 12.9. The zero-order chi connectivity index (χ0) is 8.67. The third-order valence-electron chi connectivity index (χ3n) is 2.14. The zero-order valence-electron chi connectivity index (χ0n) is 6.86. The summed E-state index contributed by atoms with van der Waals surface area (Å²) in [6.45, 7) is 0.503. The van der Waals surface area contributed by atoms with Crippen LogP contribution in [0.3, 0.4) is 0 Å². The Hall–Kier alpha value is -1.77. The first-order chi connectivity index (χ1) is 6.45. The van der Waals surface area contributed by atoms with E-state index in [0.29, 0.717) is 6.61 Å². The predicted molar refractivity (Wildman–Crippen MR) is 46.3 cm³/mol. The minimum atomic E-state index is 0.503. The highest BCUT2D eigenvalue weighted by Crippen LogP contribution is 2.36. The molecular weight excluding hydrogens is 166 g/mol. The van der Waals surface area contributed by atoms with Crippen molar-refractivity contribution in [1.29, 1.82) is 0 Å². The van der Waals surface area contributed by atoms with Crippen LogP contribution in [0, 0.1) is 0 Å². The molecule has 0 unspecified atom stereocenters. The molecule has 0 aliphatic carbocycles. The van der Waals surface area contributed by atoms with Crippen molar-refractivity contribution in [3.8, 4) is 17.1 Å². The molecule has 1 aliphatic heterocycles. The van der Waals surface area contributed by atoms with E-state index in [1.54, 1.807) is 0 Å². The van der Waals surface area contributed by atoms with Gasteiger partial charge >= 0.3 is 0 Å². The van der Waals surface area contributed by atoms with Gasteiger partial charge in [0.05, 0.1) is 5.56 Å². The van der Waals surface area contributed by atoms with Crippen molar-refractivity contribution >= 4 is 0 Å². The molecule has 64 valence electrons. The molecule has 3 rings (SSSR count). The van der Waals surface area contributed by atoms with E-state index in [2.05, 4.69) is 4.98 Å². The van der Waals surface area contributed by atoms with E-state index >= 15 is 0 Å². The van der Waals surface area contributed by atoms with Crippen LogP contribution in [0.25, 0.3) is 11.3 Å². The molecule has 2 heterocycles. The van der Waals surface area contributed by atoms with E-state index in [9.17, 15) is 0 Å². The second-order valence-corrected chi connectivity index (χ2v) is 2.91. The molecule has 3 heteroatoms. The molecule has 1 aliphatic rings. The number of para-hydroxylation sites is 1. The highest BCUT2D eigenvalue weighted by Gasteiger charge is 2.20. The molecule has 2 aromatic rings. The fraction of sp³-hybridized carbons (Fsp3) is 0.100. The van der Waals surface area contributed by atoms with Gasteiger partial charge in [-0.25, -0.2) is 4.98 Å². The summed E-state index contributed by atoms with van der Waals surface area (Å²) >= 11 is 0. The maximum atomic E-state index is 5.49. The third kappa shape index (κ3) is 0.869. The van der Waals surface area contributed by atoms with Gasteiger partial charge in [-0.2, -0.15) is 0 Å². The molecule has 0 saturated carbocycles. The number of hydrogen-bond acceptors (Lipinski definition) is 3. The molecule has 3 nitrogen and oxygen atoms in total. The van der Waals surface area contributed by atoms with E-state index in [-0.39, 0.29) is 0 Å². The van der Waals surface area contributed by atoms with E-state index < -0.39 is 0 Å². The van der Waals surface area contributed by atoms with Gasteiger partial charge in [-0.3, -0.25) is 0 Å². The van der Waals surface area contributed by atoms with E-state index in [1.165, 1.54) is 6.39 Å². The van der Waals surface area contributed by atoms with Crippen LogP contribution in [0.5, 0.6) is 5.75 Å². The lowest BCUT2D eigenvalue weighted by atomic mass is 10.1. The van der Waals surface area contributed by atoms with Crippen LogP contribution >= 0.6 is 0 Å². The number of fused-ring (bicyclic) bond motifs is 3. The van der Waals surface area contributed by atoms with Crippen LogP contribution in [0.15, 0.2) is 35.1 Å². The fourth-order valence-corrected chi connectivity index (χ4v) is 1.52. The molecule has 0 atom stereocenters. The van der Waals surface area contributed by atoms with Crippen LogP contribution in [0.4, 0.5) is 0 Å². The van der Waals surface area contributed by atoms with Gasteiger partial charge in [0.2, 0.25) is 0 Å². The van der Waals surface area contributed by atoms with E-state index in [4.69, 9.17) is 9.15 Å². The summed E-state index contributed by atoms with van der Waals surface area (Å²) < 4.78 is 10.8. The Morgan fingerprint density at radius 1 is 1.23 bits per heavy atom. The first-order valence-electron chi connectivity index (χ1n) is 4.10. The second-order valence-electron chi connectivity index (χ2n) is 2.91. The Labute approximate surface area is 75.0 Å². The molecule has 1 aromatic heterocycles. The van der Waals surface area contributed by atoms with Crippen LogP contribution in [-0.4, -0.2) is 4.98 Å². The minimum Gasteiger partial charge on any atom is -0.486 e. The van der Waals surface area contributed by atoms with Crippen molar-refractivity contribution < 1.29 is 9.15 Å². The summed E-state index contributed by atoms with van der Waals surface area (Å²) in [7, 11) is 0. The van der Waals surface area contributed by atoms with Gasteiger partial charge in [0.15, 0.2) is 12.2 Å². The third-order valence-corrected chi connectivity index (χ3v) is 2.14. The molecule has 0 spiro atoms. The topological polar surface area (TPSA) is 35.3 Å². The minimum absolute atomic E-state index is 0.503. The van der Waals surface area contributed by atoms with Gasteiger partial charge in [-0.05, 0) is 12.1 Å². The predicted octanol–water partition coefficient (Wildman–Crippen LogP) is 2.23. The highest BCUT2D eigenvalue weighted by atomic mass is 16.5. The number of ether oxygens (including phenoxy) is 1. The lowest BCUT2D eigenvalue weighted by Gasteiger charge is -2.14. The van der Waals surface area contributed by atoms with Crippen LogP contribution < -0.4 is 4.74 Å². The van der Waals surface area contributed by atoms with Gasteiger partial charge in [0.25, 0.3) is 0 Å². The van der Waals surface area contributed by atoms with Crippen LogP contribution in [0.2, 0.25) is 0 Å². The molecule has 0 radical (unpaired) electrons. The maximum Gasteiger partial charge on any atom is 0.181 e. The number of nitrogens with zero attached hydrogens (tertiary/aromatic N) is 1. The van der Waals surface area contributed by atoms with Crippen molar-refractivity contribution in [3.63, 3.8) is 0 Å². The average molecular weight is 173 g/mol. The van der Waals surface area contributed by atoms with Crippen LogP contribution in [-0.2, 0) is 6.61 Å². The fourth-order valence-electron chi connectivity index (χ4n) is 1.52. The molecule has 1 aromatic carbocycles. The molecule has 0 amide bonds. The number of rotatable bonds is 0. The van der Waals surface area contributed by atoms with Crippen molar-refractivity contribution in [2.45, 2.75) is 6.61 Å². The summed E-state index contributed by atoms with van der Waals surface area (Å²) in [5, 5.41) is 0. The molecule has 0 bridgehead atoms. The number of aromatic nitrogens is 1. The molecule has 13 heavy (non-hydrogen) atoms. The summed E-state index contributed by atoms with van der Waals surface area (Å²) in [6, 6.07) is 7.80. The number of benzene rings is 1. The first kappa shape index (κ1) is 6.71. The summed E-state index contributed by atoms with van der Waals surface area (Å²) in [5.41, 5.74) is 1.86. The maximum absolute atomic E-state index is 5.49. The van der Waals surface area contributed by atoms with Crippen molar-refractivity contribution in [1.82, 2.24) is 4.98 Å². The van der Waals surface area contributed by atoms with Crippen molar-refractivity contribution in [2.24, 2.45) is 0 Å². The SMILES string of the molecule is c1ccc2c(c1)OCc1ncoc1-2. The van der Waals surface area contributed by atoms with E-state index in [0.717, 1.165) is 22.8 Å². The molecule has 0 N–H and O–H groups in total. The standard InChI is InChI=1S/C10H7NO2/c1-2-4-9-7(3-1)10-8(5-12-9)11-6-13-10/h1-4,6H,5H2. The van der Waals surface area contributed by atoms with Gasteiger partial charge in [0.1, 0.15) is 18.1 Å². The summed E-state index contributed by atoms with van der Waals surface area (Å²) in [5.74, 6) is 1.70. The van der Waals surface area contributed by atoms with Gasteiger partial charge in [-0.15, -0.1) is 0 Å². The highest BCUT2D eigenvalue weighted by molar-refractivity contribution is 5.68. The molecule has 0 fully saturated rings. The van der Waals surface area contributed by atoms with Gasteiger partial charge in [-0.1, -0.05) is 12.1 Å². The second kappa shape index (κ2) is 2.36. The largest absolute Gasteiger partial charge is 0.486 e. The average Bonchev–Trinajstić information content (AvgIpc) is 2.65. The Morgan fingerprint density at radius 2 is 2.15 bits per heavy atom. The monoisotopic (exact) mass is 173 g/mol. The summed E-state index contributed by atoms with van der Waals surface area (Å²) in [6.07, 6.45) is 1.45. The smallest absolute Gasteiger partial charge is 0.181 e. The van der Waals surface area contributed by atoms with Crippen molar-refractivity contribution in [2.75, 3.05) is 0 Å². The molecule has 0 saturated heterocycles. The molecular formula is C10H7NO2. The number of oxazole rings is 1. The summed E-state index contributed by atoms with van der Waals surface area (Å²) in [4.78, 5) is 4.06. The number of hydrogen-bond donors (Lipinski definition) is 0. The lowest BCUT2D eigenvalue weighted by molar-refractivity contribution is 0.295. The Morgan fingerprint density at radius 3 is 3.15 bits per heavy atom. The van der Waals surface area contributed by atoms with Gasteiger partial charge in [0, 0.05) is 0 Å². The van der Waals surface area contributed by atoms with E-state index in [1.807, 2.05) is 24.3 Å². The zero-order valence-corrected chi connectivity index (χ0v) is 6.86. The van der Waals surface area contributed by atoms with Crippen molar-refractivity contribution in [3.05, 3.63) is 36.4 Å². The van der Waals surface area contributed by atoms with Gasteiger partial charge < -0.3 is 9.15 Å². The lowest BCUT2D eigenvalue weighted by Crippen LogP contribution is -2.03. The first-order valence-corrected chi connectivity index (χ1v) is 4.10. The Bertz CT molecular complexity index is 448. The Kier molecular flexibility index (Phi) is 1.22.